The van der Waals surface area contributed by atoms with Gasteiger partial charge in [0, 0.05) is 31.7 Å². The molecule has 1 N–H and O–H groups in total. The van der Waals surface area contributed by atoms with E-state index < -0.39 is 0 Å². The molecule has 1 aliphatic rings. The van der Waals surface area contributed by atoms with Crippen LogP contribution in [0.4, 0.5) is 5.13 Å². The van der Waals surface area contributed by atoms with Gasteiger partial charge in [0.2, 0.25) is 11.6 Å². The van der Waals surface area contributed by atoms with E-state index in [0.29, 0.717) is 30.3 Å². The molecule has 1 unspecified atom stereocenters. The van der Waals surface area contributed by atoms with Crippen LogP contribution in [0.5, 0.6) is 0 Å². The Hall–Kier alpha value is -3.01. The molecule has 4 heterocycles. The molecule has 0 bridgehead atoms. The van der Waals surface area contributed by atoms with Crippen molar-refractivity contribution in [1.82, 2.24) is 19.4 Å². The standard InChI is InChI=1S/C18H19N5O4S/c1-10-12(13-15(27-10)20-9-22(2)16(13)25)17(26)23-6-3-4-11(8-23)14(24)21-18-19-5-7-28-18/h5,7,9,11H,3-4,6,8H2,1-2H3,(H,19,21,24). The topological polar surface area (TPSA) is 110 Å². The smallest absolute Gasteiger partial charge is 0.265 e. The summed E-state index contributed by atoms with van der Waals surface area (Å²) in [6, 6.07) is 0. The number of anilines is 1. The number of hydrogen-bond donors (Lipinski definition) is 1. The minimum absolute atomic E-state index is 0.152. The second-order valence-electron chi connectivity index (χ2n) is 6.79. The van der Waals surface area contributed by atoms with E-state index in [2.05, 4.69) is 15.3 Å². The molecule has 4 rings (SSSR count). The largest absolute Gasteiger partial charge is 0.442 e. The van der Waals surface area contributed by atoms with Crippen molar-refractivity contribution >= 4 is 39.4 Å². The lowest BCUT2D eigenvalue weighted by atomic mass is 9.96. The van der Waals surface area contributed by atoms with Gasteiger partial charge in [-0.2, -0.15) is 0 Å². The van der Waals surface area contributed by atoms with Gasteiger partial charge in [-0.1, -0.05) is 0 Å². The monoisotopic (exact) mass is 401 g/mol. The number of amides is 2. The van der Waals surface area contributed by atoms with Gasteiger partial charge in [0.15, 0.2) is 5.13 Å². The lowest BCUT2D eigenvalue weighted by Crippen LogP contribution is -2.44. The molecule has 0 aliphatic carbocycles. The highest BCUT2D eigenvalue weighted by molar-refractivity contribution is 7.13. The van der Waals surface area contributed by atoms with E-state index in [-0.39, 0.29) is 46.5 Å². The van der Waals surface area contributed by atoms with Gasteiger partial charge in [0.1, 0.15) is 17.5 Å². The van der Waals surface area contributed by atoms with Crippen molar-refractivity contribution < 1.29 is 14.0 Å². The van der Waals surface area contributed by atoms with Crippen LogP contribution in [0.1, 0.15) is 29.0 Å². The average Bonchev–Trinajstić information content (AvgIpc) is 3.31. The average molecular weight is 401 g/mol. The van der Waals surface area contributed by atoms with Crippen LogP contribution >= 0.6 is 11.3 Å². The van der Waals surface area contributed by atoms with Crippen LogP contribution in [0.3, 0.4) is 0 Å². The normalized spacial score (nSPS) is 17.1. The fraction of sp³-hybridized carbons (Fsp3) is 0.389. The van der Waals surface area contributed by atoms with Crippen molar-refractivity contribution in [3.05, 3.63) is 39.6 Å². The molecule has 1 saturated heterocycles. The van der Waals surface area contributed by atoms with Crippen molar-refractivity contribution in [2.24, 2.45) is 13.0 Å². The Bertz CT molecular complexity index is 1100. The van der Waals surface area contributed by atoms with Gasteiger partial charge in [-0.25, -0.2) is 9.97 Å². The summed E-state index contributed by atoms with van der Waals surface area (Å²) in [6.07, 6.45) is 4.38. The number of nitrogens with one attached hydrogen (secondary N) is 1. The fourth-order valence-corrected chi connectivity index (χ4v) is 4.00. The fourth-order valence-electron chi connectivity index (χ4n) is 3.47. The zero-order chi connectivity index (χ0) is 19.8. The second-order valence-corrected chi connectivity index (χ2v) is 7.69. The zero-order valence-electron chi connectivity index (χ0n) is 15.5. The number of furan rings is 1. The predicted molar refractivity (Wildman–Crippen MR) is 103 cm³/mol. The summed E-state index contributed by atoms with van der Waals surface area (Å²) in [5, 5.41) is 5.30. The molecule has 1 fully saturated rings. The van der Waals surface area contributed by atoms with Crippen molar-refractivity contribution in [2.75, 3.05) is 18.4 Å². The van der Waals surface area contributed by atoms with E-state index >= 15 is 0 Å². The Morgan fingerprint density at radius 1 is 1.36 bits per heavy atom. The van der Waals surface area contributed by atoms with Gasteiger partial charge in [0.25, 0.3) is 11.5 Å². The van der Waals surface area contributed by atoms with Crippen LogP contribution in [0.25, 0.3) is 11.1 Å². The molecule has 0 aromatic carbocycles. The third kappa shape index (κ3) is 3.19. The van der Waals surface area contributed by atoms with E-state index in [0.717, 1.165) is 0 Å². The molecule has 3 aromatic rings. The number of aryl methyl sites for hydroxylation is 2. The van der Waals surface area contributed by atoms with Gasteiger partial charge >= 0.3 is 0 Å². The first-order valence-corrected chi connectivity index (χ1v) is 9.78. The third-order valence-corrected chi connectivity index (χ3v) is 5.59. The number of thiazole rings is 1. The minimum Gasteiger partial charge on any atom is -0.442 e. The highest BCUT2D eigenvalue weighted by Crippen LogP contribution is 2.26. The number of nitrogens with zero attached hydrogens (tertiary/aromatic N) is 4. The molecule has 0 saturated carbocycles. The number of likely N-dealkylation sites (tertiary alicyclic amines) is 1. The zero-order valence-corrected chi connectivity index (χ0v) is 16.3. The van der Waals surface area contributed by atoms with E-state index in [1.807, 2.05) is 0 Å². The summed E-state index contributed by atoms with van der Waals surface area (Å²) in [5.74, 6) is -0.446. The first kappa shape index (κ1) is 18.4. The van der Waals surface area contributed by atoms with Gasteiger partial charge in [-0.3, -0.25) is 14.4 Å². The number of hydrogen-bond acceptors (Lipinski definition) is 7. The van der Waals surface area contributed by atoms with Crippen LogP contribution in [-0.2, 0) is 11.8 Å². The van der Waals surface area contributed by atoms with Gasteiger partial charge in [0.05, 0.1) is 11.5 Å². The number of aromatic nitrogens is 3. The molecule has 10 heteroatoms. The summed E-state index contributed by atoms with van der Waals surface area (Å²) < 4.78 is 6.85. The Balaban J connectivity index is 1.59. The molecule has 1 atom stereocenters. The molecule has 1 aliphatic heterocycles. The molecule has 9 nitrogen and oxygen atoms in total. The van der Waals surface area contributed by atoms with Gasteiger partial charge < -0.3 is 19.2 Å². The lowest BCUT2D eigenvalue weighted by Gasteiger charge is -2.31. The first-order chi connectivity index (χ1) is 13.5. The van der Waals surface area contributed by atoms with Crippen molar-refractivity contribution in [3.8, 4) is 0 Å². The predicted octanol–water partition coefficient (Wildman–Crippen LogP) is 1.78. The van der Waals surface area contributed by atoms with Crippen molar-refractivity contribution in [2.45, 2.75) is 19.8 Å². The number of rotatable bonds is 3. The van der Waals surface area contributed by atoms with Crippen LogP contribution in [-0.4, -0.2) is 44.3 Å². The molecule has 0 spiro atoms. The van der Waals surface area contributed by atoms with Crippen LogP contribution in [0, 0.1) is 12.8 Å². The SMILES string of the molecule is Cc1oc2ncn(C)c(=O)c2c1C(=O)N1CCCC(C(=O)Nc2nccs2)C1. The number of fused-ring (bicyclic) bond motifs is 1. The van der Waals surface area contributed by atoms with Gasteiger partial charge in [-0.15, -0.1) is 11.3 Å². The number of carbonyl (C=O) groups is 2. The van der Waals surface area contributed by atoms with Crippen LogP contribution in [0.2, 0.25) is 0 Å². The van der Waals surface area contributed by atoms with Crippen molar-refractivity contribution in [3.63, 3.8) is 0 Å². The number of piperidine rings is 1. The van der Waals surface area contributed by atoms with Gasteiger partial charge in [-0.05, 0) is 19.8 Å². The Morgan fingerprint density at radius 3 is 2.93 bits per heavy atom. The number of carbonyl (C=O) groups excluding carboxylic acids is 2. The Labute approximate surface area is 164 Å². The summed E-state index contributed by atoms with van der Waals surface area (Å²) in [7, 11) is 1.57. The highest BCUT2D eigenvalue weighted by atomic mass is 32.1. The molecule has 146 valence electrons. The van der Waals surface area contributed by atoms with E-state index in [4.69, 9.17) is 4.42 Å². The third-order valence-electron chi connectivity index (χ3n) is 4.90. The maximum Gasteiger partial charge on any atom is 0.265 e. The lowest BCUT2D eigenvalue weighted by molar-refractivity contribution is -0.121. The minimum atomic E-state index is -0.333. The summed E-state index contributed by atoms with van der Waals surface area (Å²) in [5.41, 5.74) is 0.0453. The quantitative estimate of drug-likeness (QED) is 0.716. The molecule has 2 amide bonds. The summed E-state index contributed by atoms with van der Waals surface area (Å²) in [4.78, 5) is 48.0. The molecular formula is C18H19N5O4S. The van der Waals surface area contributed by atoms with E-state index in [1.54, 1.807) is 30.4 Å². The first-order valence-electron chi connectivity index (χ1n) is 8.90. The summed E-state index contributed by atoms with van der Waals surface area (Å²) in [6.45, 7) is 2.44. The van der Waals surface area contributed by atoms with Crippen LogP contribution < -0.4 is 10.9 Å². The molecule has 28 heavy (non-hydrogen) atoms. The summed E-state index contributed by atoms with van der Waals surface area (Å²) >= 11 is 1.35. The molecule has 0 radical (unpaired) electrons. The van der Waals surface area contributed by atoms with Crippen molar-refractivity contribution in [1.29, 1.82) is 0 Å². The van der Waals surface area contributed by atoms with E-state index in [1.165, 1.54) is 22.2 Å². The molecule has 3 aromatic heterocycles. The maximum atomic E-state index is 13.2. The maximum absolute atomic E-state index is 13.2. The Kier molecular flexibility index (Phi) is 4.71. The highest BCUT2D eigenvalue weighted by Gasteiger charge is 2.32. The van der Waals surface area contributed by atoms with Crippen LogP contribution in [0.15, 0.2) is 27.1 Å². The van der Waals surface area contributed by atoms with E-state index in [9.17, 15) is 14.4 Å². The Morgan fingerprint density at radius 2 is 2.18 bits per heavy atom. The second kappa shape index (κ2) is 7.19. The molecular weight excluding hydrogens is 382 g/mol.